The van der Waals surface area contributed by atoms with Gasteiger partial charge in [0.1, 0.15) is 12.1 Å². The summed E-state index contributed by atoms with van der Waals surface area (Å²) in [5.41, 5.74) is 8.19. The van der Waals surface area contributed by atoms with Gasteiger partial charge in [-0.3, -0.25) is 0 Å². The Morgan fingerprint density at radius 3 is 2.74 bits per heavy atom. The SMILES string of the molecule is C=C(C)CN=C(N)NCCc1coc(-c2ccc(F)cc2)n1.I. The predicted octanol–water partition coefficient (Wildman–Crippen LogP) is 3.12. The first kappa shape index (κ1) is 19.1. The normalized spacial score (nSPS) is 11.0. The molecule has 23 heavy (non-hydrogen) atoms. The van der Waals surface area contributed by atoms with Crippen molar-refractivity contribution in [2.75, 3.05) is 13.1 Å². The monoisotopic (exact) mass is 430 g/mol. The Bertz CT molecular complexity index is 667. The van der Waals surface area contributed by atoms with Gasteiger partial charge in [-0.1, -0.05) is 12.2 Å². The van der Waals surface area contributed by atoms with Crippen LogP contribution in [-0.4, -0.2) is 24.0 Å². The van der Waals surface area contributed by atoms with Crippen molar-refractivity contribution in [2.24, 2.45) is 10.7 Å². The average molecular weight is 430 g/mol. The van der Waals surface area contributed by atoms with Gasteiger partial charge in [0.05, 0.1) is 12.2 Å². The van der Waals surface area contributed by atoms with E-state index in [4.69, 9.17) is 10.2 Å². The summed E-state index contributed by atoms with van der Waals surface area (Å²) >= 11 is 0. The Morgan fingerprint density at radius 2 is 2.09 bits per heavy atom. The van der Waals surface area contributed by atoms with Crippen LogP contribution in [0.25, 0.3) is 11.5 Å². The van der Waals surface area contributed by atoms with Crippen molar-refractivity contribution >= 4 is 29.9 Å². The maximum Gasteiger partial charge on any atom is 0.226 e. The molecule has 0 amide bonds. The van der Waals surface area contributed by atoms with E-state index in [9.17, 15) is 4.39 Å². The molecule has 124 valence electrons. The van der Waals surface area contributed by atoms with Crippen molar-refractivity contribution in [2.45, 2.75) is 13.3 Å². The molecule has 1 aromatic heterocycles. The number of hydrogen-bond acceptors (Lipinski definition) is 3. The molecule has 0 unspecified atom stereocenters. The molecule has 0 spiro atoms. The Kier molecular flexibility index (Phi) is 7.73. The van der Waals surface area contributed by atoms with Crippen LogP contribution in [0.5, 0.6) is 0 Å². The molecule has 0 radical (unpaired) electrons. The summed E-state index contributed by atoms with van der Waals surface area (Å²) in [5.74, 6) is 0.563. The second-order valence-corrected chi connectivity index (χ2v) is 4.99. The number of nitrogens with zero attached hydrogens (tertiary/aromatic N) is 2. The van der Waals surface area contributed by atoms with Crippen LogP contribution >= 0.6 is 24.0 Å². The zero-order chi connectivity index (χ0) is 15.9. The second kappa shape index (κ2) is 9.29. The zero-order valence-corrected chi connectivity index (χ0v) is 15.2. The first-order valence-electron chi connectivity index (χ1n) is 6.93. The van der Waals surface area contributed by atoms with Crippen molar-refractivity contribution < 1.29 is 8.81 Å². The van der Waals surface area contributed by atoms with Crippen LogP contribution in [0, 0.1) is 5.82 Å². The summed E-state index contributed by atoms with van der Waals surface area (Å²) in [4.78, 5) is 8.48. The Labute approximate surface area is 151 Å². The summed E-state index contributed by atoms with van der Waals surface area (Å²) in [5, 5.41) is 3.00. The van der Waals surface area contributed by atoms with E-state index in [-0.39, 0.29) is 29.8 Å². The lowest BCUT2D eigenvalue weighted by molar-refractivity contribution is 0.571. The molecular weight excluding hydrogens is 410 g/mol. The Hall–Kier alpha value is -1.90. The van der Waals surface area contributed by atoms with E-state index in [2.05, 4.69) is 21.9 Å². The highest BCUT2D eigenvalue weighted by Gasteiger charge is 2.06. The quantitative estimate of drug-likeness (QED) is 0.320. The fraction of sp³-hybridized carbons (Fsp3) is 0.250. The number of hydrogen-bond donors (Lipinski definition) is 2. The van der Waals surface area contributed by atoms with Gasteiger partial charge >= 0.3 is 0 Å². The van der Waals surface area contributed by atoms with Crippen molar-refractivity contribution in [3.05, 3.63) is 54.2 Å². The van der Waals surface area contributed by atoms with Crippen molar-refractivity contribution in [3.8, 4) is 11.5 Å². The lowest BCUT2D eigenvalue weighted by atomic mass is 10.2. The minimum absolute atomic E-state index is 0. The summed E-state index contributed by atoms with van der Waals surface area (Å²) in [7, 11) is 0. The van der Waals surface area contributed by atoms with Gasteiger partial charge in [-0.15, -0.1) is 24.0 Å². The van der Waals surface area contributed by atoms with E-state index < -0.39 is 0 Å². The molecule has 0 aliphatic carbocycles. The molecule has 2 aromatic rings. The number of benzene rings is 1. The smallest absolute Gasteiger partial charge is 0.226 e. The summed E-state index contributed by atoms with van der Waals surface area (Å²) in [6, 6.07) is 6.01. The van der Waals surface area contributed by atoms with E-state index >= 15 is 0 Å². The van der Waals surface area contributed by atoms with Crippen LogP contribution in [0.2, 0.25) is 0 Å². The number of aliphatic imine (C=N–C) groups is 1. The number of oxazole rings is 1. The Morgan fingerprint density at radius 1 is 1.39 bits per heavy atom. The van der Waals surface area contributed by atoms with Gasteiger partial charge in [-0.2, -0.15) is 0 Å². The first-order chi connectivity index (χ1) is 10.5. The number of guanidine groups is 1. The van der Waals surface area contributed by atoms with Gasteiger partial charge in [0.2, 0.25) is 5.89 Å². The highest BCUT2D eigenvalue weighted by atomic mass is 127. The molecule has 0 atom stereocenters. The first-order valence-corrected chi connectivity index (χ1v) is 6.93. The van der Waals surface area contributed by atoms with Gasteiger partial charge in [0, 0.05) is 18.5 Å². The highest BCUT2D eigenvalue weighted by molar-refractivity contribution is 14.0. The second-order valence-electron chi connectivity index (χ2n) is 4.99. The zero-order valence-electron chi connectivity index (χ0n) is 12.9. The molecule has 0 bridgehead atoms. The molecule has 3 N–H and O–H groups in total. The van der Waals surface area contributed by atoms with Crippen LogP contribution in [0.4, 0.5) is 4.39 Å². The third-order valence-corrected chi connectivity index (χ3v) is 2.85. The molecular formula is C16H20FIN4O. The fourth-order valence-electron chi connectivity index (χ4n) is 1.74. The number of nitrogens with two attached hydrogens (primary N) is 1. The van der Waals surface area contributed by atoms with Crippen molar-refractivity contribution in [1.29, 1.82) is 0 Å². The summed E-state index contributed by atoms with van der Waals surface area (Å²) in [6.07, 6.45) is 2.23. The van der Waals surface area contributed by atoms with Gasteiger partial charge in [0.25, 0.3) is 0 Å². The van der Waals surface area contributed by atoms with E-state index in [1.54, 1.807) is 18.4 Å². The van der Waals surface area contributed by atoms with E-state index in [1.165, 1.54) is 12.1 Å². The molecule has 2 rings (SSSR count). The molecule has 0 fully saturated rings. The van der Waals surface area contributed by atoms with Gasteiger partial charge in [-0.05, 0) is 31.2 Å². The topological polar surface area (TPSA) is 76.4 Å². The third kappa shape index (κ3) is 6.39. The number of rotatable bonds is 6. The van der Waals surface area contributed by atoms with E-state index in [0.29, 0.717) is 31.4 Å². The minimum atomic E-state index is -0.288. The van der Waals surface area contributed by atoms with Gasteiger partial charge in [0.15, 0.2) is 5.96 Å². The maximum atomic E-state index is 12.9. The molecule has 7 heteroatoms. The van der Waals surface area contributed by atoms with Crippen LogP contribution in [0.1, 0.15) is 12.6 Å². The van der Waals surface area contributed by atoms with Crippen LogP contribution < -0.4 is 11.1 Å². The number of halogens is 2. The molecule has 5 nitrogen and oxygen atoms in total. The Balaban J connectivity index is 0.00000264. The lowest BCUT2D eigenvalue weighted by Crippen LogP contribution is -2.33. The molecule has 0 saturated carbocycles. The number of nitrogens with one attached hydrogen (secondary N) is 1. The van der Waals surface area contributed by atoms with E-state index in [0.717, 1.165) is 16.8 Å². The average Bonchev–Trinajstić information content (AvgIpc) is 2.95. The largest absolute Gasteiger partial charge is 0.444 e. The minimum Gasteiger partial charge on any atom is -0.444 e. The van der Waals surface area contributed by atoms with Crippen LogP contribution in [0.15, 0.2) is 52.1 Å². The van der Waals surface area contributed by atoms with Crippen LogP contribution in [-0.2, 0) is 6.42 Å². The third-order valence-electron chi connectivity index (χ3n) is 2.85. The fourth-order valence-corrected chi connectivity index (χ4v) is 1.74. The van der Waals surface area contributed by atoms with E-state index in [1.807, 2.05) is 6.92 Å². The van der Waals surface area contributed by atoms with Crippen molar-refractivity contribution in [1.82, 2.24) is 10.3 Å². The maximum absolute atomic E-state index is 12.9. The molecule has 1 aromatic carbocycles. The predicted molar refractivity (Wildman–Crippen MR) is 100 cm³/mol. The van der Waals surface area contributed by atoms with Gasteiger partial charge < -0.3 is 15.5 Å². The summed E-state index contributed by atoms with van der Waals surface area (Å²) in [6.45, 7) is 6.76. The molecule has 1 heterocycles. The number of aromatic nitrogens is 1. The standard InChI is InChI=1S/C16H19FN4O.HI/c1-11(2)9-20-16(18)19-8-7-14-10-22-15(21-14)12-3-5-13(17)6-4-12;/h3-6,10H,1,7-9H2,2H3,(H3,18,19,20);1H. The summed E-state index contributed by atoms with van der Waals surface area (Å²) < 4.78 is 18.3. The highest BCUT2D eigenvalue weighted by Crippen LogP contribution is 2.18. The lowest BCUT2D eigenvalue weighted by Gasteiger charge is -2.03. The molecule has 0 aliphatic heterocycles. The van der Waals surface area contributed by atoms with Crippen molar-refractivity contribution in [3.63, 3.8) is 0 Å². The van der Waals surface area contributed by atoms with Crippen LogP contribution in [0.3, 0.4) is 0 Å². The van der Waals surface area contributed by atoms with Gasteiger partial charge in [-0.25, -0.2) is 14.4 Å². The molecule has 0 aliphatic rings. The molecule has 0 saturated heterocycles.